The summed E-state index contributed by atoms with van der Waals surface area (Å²) in [5.41, 5.74) is 1.01. The molecule has 4 rings (SSSR count). The lowest BCUT2D eigenvalue weighted by Crippen LogP contribution is -2.33. The number of amides is 2. The predicted molar refractivity (Wildman–Crippen MR) is 111 cm³/mol. The van der Waals surface area contributed by atoms with Crippen molar-refractivity contribution in [3.8, 4) is 17.2 Å². The molecule has 0 unspecified atom stereocenters. The van der Waals surface area contributed by atoms with Crippen molar-refractivity contribution >= 4 is 28.9 Å². The molecular formula is C21H19N3O8. The van der Waals surface area contributed by atoms with Crippen molar-refractivity contribution in [1.29, 1.82) is 0 Å². The average Bonchev–Trinajstić information content (AvgIpc) is 3.33. The highest BCUT2D eigenvalue weighted by Gasteiger charge is 2.57. The third kappa shape index (κ3) is 3.09. The van der Waals surface area contributed by atoms with Crippen LogP contribution in [0.2, 0.25) is 0 Å². The zero-order valence-electron chi connectivity index (χ0n) is 17.6. The van der Waals surface area contributed by atoms with Gasteiger partial charge in [0.2, 0.25) is 12.0 Å². The Labute approximate surface area is 182 Å². The van der Waals surface area contributed by atoms with Crippen molar-refractivity contribution in [3.63, 3.8) is 0 Å². The third-order valence-electron chi connectivity index (χ3n) is 5.43. The van der Waals surface area contributed by atoms with E-state index in [4.69, 9.17) is 19.0 Å². The van der Waals surface area contributed by atoms with E-state index >= 15 is 0 Å². The van der Waals surface area contributed by atoms with Crippen LogP contribution in [0.15, 0.2) is 35.5 Å². The van der Waals surface area contributed by atoms with E-state index in [1.54, 1.807) is 25.1 Å². The van der Waals surface area contributed by atoms with Gasteiger partial charge in [0, 0.05) is 23.8 Å². The summed E-state index contributed by atoms with van der Waals surface area (Å²) in [6.07, 6.45) is -1.15. The number of aryl methyl sites for hydroxylation is 1. The van der Waals surface area contributed by atoms with Gasteiger partial charge in [-0.25, -0.2) is 4.90 Å². The number of rotatable bonds is 6. The molecule has 166 valence electrons. The molecule has 1 fully saturated rings. The first-order valence-corrected chi connectivity index (χ1v) is 9.49. The highest BCUT2D eigenvalue weighted by Crippen LogP contribution is 2.41. The first kappa shape index (κ1) is 21.1. The number of nitro groups is 1. The van der Waals surface area contributed by atoms with E-state index in [1.165, 1.54) is 33.5 Å². The summed E-state index contributed by atoms with van der Waals surface area (Å²) in [6, 6.07) is 7.54. The molecule has 0 aliphatic carbocycles. The largest absolute Gasteiger partial charge is 0.497 e. The fourth-order valence-corrected chi connectivity index (χ4v) is 3.86. The van der Waals surface area contributed by atoms with Gasteiger partial charge in [0.25, 0.3) is 5.91 Å². The molecule has 2 aliphatic rings. The molecule has 2 heterocycles. The summed E-state index contributed by atoms with van der Waals surface area (Å²) in [4.78, 5) is 43.4. The van der Waals surface area contributed by atoms with Gasteiger partial charge >= 0.3 is 5.69 Å². The second-order valence-electron chi connectivity index (χ2n) is 7.13. The van der Waals surface area contributed by atoms with Crippen molar-refractivity contribution < 1.29 is 33.6 Å². The minimum Gasteiger partial charge on any atom is -0.497 e. The van der Waals surface area contributed by atoms with Gasteiger partial charge in [0.05, 0.1) is 31.9 Å². The van der Waals surface area contributed by atoms with Crippen molar-refractivity contribution in [2.45, 2.75) is 13.0 Å². The van der Waals surface area contributed by atoms with E-state index in [0.29, 0.717) is 22.6 Å². The average molecular weight is 441 g/mol. The molecule has 2 amide bonds. The Morgan fingerprint density at radius 3 is 2.38 bits per heavy atom. The van der Waals surface area contributed by atoms with Crippen LogP contribution >= 0.6 is 0 Å². The Hall–Kier alpha value is -4.15. The number of hydrogen-bond donors (Lipinski definition) is 0. The smallest absolute Gasteiger partial charge is 0.311 e. The molecule has 11 nitrogen and oxygen atoms in total. The first-order chi connectivity index (χ1) is 15.3. The standard InChI is InChI=1S/C21H19N3O8/c1-10-7-14(24(27)28)16(31-4)9-13(10)23-20(25)17-18(22-32-19(17)21(23)26)12-6-5-11(29-2)8-15(12)30-3/h5-9,17,19H,1-4H3/t17-,19+/m0/s1. The van der Waals surface area contributed by atoms with E-state index in [1.807, 2.05) is 0 Å². The maximum Gasteiger partial charge on any atom is 0.311 e. The molecule has 0 aromatic heterocycles. The highest BCUT2D eigenvalue weighted by molar-refractivity contribution is 6.33. The van der Waals surface area contributed by atoms with Crippen LogP contribution in [0.4, 0.5) is 11.4 Å². The molecule has 11 heteroatoms. The number of carbonyl (C=O) groups excluding carboxylic acids is 2. The lowest BCUT2D eigenvalue weighted by atomic mass is 9.93. The van der Waals surface area contributed by atoms with Gasteiger partial charge in [-0.3, -0.25) is 19.7 Å². The number of nitro benzene ring substituents is 1. The Balaban J connectivity index is 1.75. The molecule has 2 aromatic carbocycles. The molecule has 0 spiro atoms. The molecule has 0 saturated carbocycles. The van der Waals surface area contributed by atoms with Gasteiger partial charge < -0.3 is 19.0 Å². The molecule has 2 aliphatic heterocycles. The third-order valence-corrected chi connectivity index (χ3v) is 5.43. The Morgan fingerprint density at radius 1 is 1.03 bits per heavy atom. The predicted octanol–water partition coefficient (Wildman–Crippen LogP) is 2.22. The maximum absolute atomic E-state index is 13.4. The van der Waals surface area contributed by atoms with Gasteiger partial charge in [-0.1, -0.05) is 5.16 Å². The van der Waals surface area contributed by atoms with Crippen LogP contribution in [0.25, 0.3) is 0 Å². The number of fused-ring (bicyclic) bond motifs is 1. The fourth-order valence-electron chi connectivity index (χ4n) is 3.86. The minimum absolute atomic E-state index is 0.0695. The molecule has 32 heavy (non-hydrogen) atoms. The van der Waals surface area contributed by atoms with Crippen LogP contribution in [0, 0.1) is 23.0 Å². The Bertz CT molecular complexity index is 1180. The van der Waals surface area contributed by atoms with Gasteiger partial charge in [-0.15, -0.1) is 0 Å². The SMILES string of the molecule is COc1ccc(C2=NO[C@H]3C(=O)N(c4cc(OC)c([N+](=O)[O-])cc4C)C(=O)[C@@H]23)c(OC)c1. The summed E-state index contributed by atoms with van der Waals surface area (Å²) in [5, 5.41) is 15.3. The molecule has 0 N–H and O–H groups in total. The second kappa shape index (κ2) is 7.84. The van der Waals surface area contributed by atoms with Crippen LogP contribution in [0.3, 0.4) is 0 Å². The van der Waals surface area contributed by atoms with Gasteiger partial charge in [-0.2, -0.15) is 0 Å². The highest BCUT2D eigenvalue weighted by atomic mass is 16.7. The van der Waals surface area contributed by atoms with E-state index < -0.39 is 28.8 Å². The summed E-state index contributed by atoms with van der Waals surface area (Å²) in [5.74, 6) is -1.30. The second-order valence-corrected chi connectivity index (χ2v) is 7.13. The quantitative estimate of drug-likeness (QED) is 0.379. The number of imide groups is 1. The van der Waals surface area contributed by atoms with Crippen LogP contribution in [0.1, 0.15) is 11.1 Å². The number of ether oxygens (including phenoxy) is 3. The first-order valence-electron chi connectivity index (χ1n) is 9.49. The normalized spacial score (nSPS) is 19.4. The zero-order valence-corrected chi connectivity index (χ0v) is 17.6. The van der Waals surface area contributed by atoms with E-state index in [2.05, 4.69) is 5.16 Å². The van der Waals surface area contributed by atoms with Crippen LogP contribution in [-0.4, -0.2) is 49.9 Å². The number of carbonyl (C=O) groups is 2. The van der Waals surface area contributed by atoms with Crippen molar-refractivity contribution in [3.05, 3.63) is 51.6 Å². The summed E-state index contributed by atoms with van der Waals surface area (Å²) >= 11 is 0. The molecule has 1 saturated heterocycles. The number of methoxy groups -OCH3 is 3. The summed E-state index contributed by atoms with van der Waals surface area (Å²) in [6.45, 7) is 1.57. The fraction of sp³-hybridized carbons (Fsp3) is 0.286. The van der Waals surface area contributed by atoms with Crippen LogP contribution in [-0.2, 0) is 14.4 Å². The van der Waals surface area contributed by atoms with Crippen molar-refractivity contribution in [2.75, 3.05) is 26.2 Å². The molecule has 2 atom stereocenters. The molecule has 0 radical (unpaired) electrons. The summed E-state index contributed by atoms with van der Waals surface area (Å²) < 4.78 is 15.7. The topological polar surface area (TPSA) is 130 Å². The zero-order chi connectivity index (χ0) is 23.2. The minimum atomic E-state index is -1.15. The number of oxime groups is 1. The monoisotopic (exact) mass is 441 g/mol. The Kier molecular flexibility index (Phi) is 5.17. The van der Waals surface area contributed by atoms with Crippen molar-refractivity contribution in [1.82, 2.24) is 0 Å². The summed E-state index contributed by atoms with van der Waals surface area (Å²) in [7, 11) is 4.25. The van der Waals surface area contributed by atoms with Crippen molar-refractivity contribution in [2.24, 2.45) is 11.1 Å². The Morgan fingerprint density at radius 2 is 1.75 bits per heavy atom. The van der Waals surface area contributed by atoms with Gasteiger partial charge in [-0.05, 0) is 24.6 Å². The molecule has 0 bridgehead atoms. The lowest BCUT2D eigenvalue weighted by molar-refractivity contribution is -0.385. The van der Waals surface area contributed by atoms with E-state index in [-0.39, 0.29) is 22.8 Å². The molecule has 2 aromatic rings. The maximum atomic E-state index is 13.4. The van der Waals surface area contributed by atoms with Gasteiger partial charge in [0.1, 0.15) is 23.1 Å². The van der Waals surface area contributed by atoms with Crippen LogP contribution in [0.5, 0.6) is 17.2 Å². The molecular weight excluding hydrogens is 422 g/mol. The van der Waals surface area contributed by atoms with E-state index in [9.17, 15) is 19.7 Å². The number of benzene rings is 2. The number of nitrogens with zero attached hydrogens (tertiary/aromatic N) is 3. The van der Waals surface area contributed by atoms with E-state index in [0.717, 1.165) is 4.90 Å². The van der Waals surface area contributed by atoms with Crippen LogP contribution < -0.4 is 19.1 Å². The van der Waals surface area contributed by atoms with Gasteiger partial charge in [0.15, 0.2) is 5.75 Å². The number of anilines is 1. The number of hydrogen-bond acceptors (Lipinski definition) is 9. The lowest BCUT2D eigenvalue weighted by Gasteiger charge is -2.19.